The van der Waals surface area contributed by atoms with Crippen molar-refractivity contribution in [2.45, 2.75) is 31.8 Å². The Morgan fingerprint density at radius 3 is 2.52 bits per heavy atom. The maximum Gasteiger partial charge on any atom is 0.263 e. The molecule has 0 saturated carbocycles. The van der Waals surface area contributed by atoms with E-state index >= 15 is 0 Å². The summed E-state index contributed by atoms with van der Waals surface area (Å²) in [6, 6.07) is 10.0. The minimum Gasteiger partial charge on any atom is -0.348 e. The van der Waals surface area contributed by atoms with Gasteiger partial charge in [0.1, 0.15) is 5.56 Å². The van der Waals surface area contributed by atoms with Crippen molar-refractivity contribution >= 4 is 23.2 Å². The molecule has 2 amide bonds. The van der Waals surface area contributed by atoms with Crippen LogP contribution in [0.4, 0.5) is 0 Å². The summed E-state index contributed by atoms with van der Waals surface area (Å²) >= 11 is 1.49. The zero-order valence-electron chi connectivity index (χ0n) is 17.3. The third-order valence-electron chi connectivity index (χ3n) is 6.23. The second-order valence-corrected chi connectivity index (χ2v) is 9.04. The van der Waals surface area contributed by atoms with Gasteiger partial charge >= 0.3 is 0 Å². The molecule has 1 aliphatic heterocycles. The first-order chi connectivity index (χ1) is 15.0. The topological polar surface area (TPSA) is 71.4 Å². The van der Waals surface area contributed by atoms with Crippen LogP contribution in [0.15, 0.2) is 52.1 Å². The van der Waals surface area contributed by atoms with E-state index in [1.807, 2.05) is 29.0 Å². The Hall–Kier alpha value is -3.19. The smallest absolute Gasteiger partial charge is 0.263 e. The number of nitrogens with one attached hydrogen (secondary N) is 1. The molecular weight excluding hydrogens is 410 g/mol. The van der Waals surface area contributed by atoms with Crippen molar-refractivity contribution in [1.82, 2.24) is 14.8 Å². The van der Waals surface area contributed by atoms with Gasteiger partial charge in [-0.2, -0.15) is 11.3 Å². The maximum atomic E-state index is 13.2. The van der Waals surface area contributed by atoms with Crippen molar-refractivity contribution in [3.05, 3.63) is 91.0 Å². The standard InChI is InChI=1S/C24H23N3O3S/c1-26-12-18-13-27(23(29)17-7-9-31-14-17)8-6-20(18)21(24(26)30)22(28)25-19-10-15-4-2-3-5-16(15)11-19/h2-5,7,9,12,14,19H,6,8,10-11,13H2,1H3,(H,25,28). The summed E-state index contributed by atoms with van der Waals surface area (Å²) in [5.74, 6) is -0.330. The van der Waals surface area contributed by atoms with Gasteiger partial charge in [-0.05, 0) is 53.0 Å². The summed E-state index contributed by atoms with van der Waals surface area (Å²) in [5, 5.41) is 6.82. The number of fused-ring (bicyclic) bond motifs is 2. The number of nitrogens with zero attached hydrogens (tertiary/aromatic N) is 2. The third-order valence-corrected chi connectivity index (χ3v) is 6.92. The van der Waals surface area contributed by atoms with Crippen molar-refractivity contribution in [1.29, 1.82) is 0 Å². The van der Waals surface area contributed by atoms with Crippen LogP contribution < -0.4 is 10.9 Å². The van der Waals surface area contributed by atoms with Gasteiger partial charge in [-0.1, -0.05) is 24.3 Å². The highest BCUT2D eigenvalue weighted by atomic mass is 32.1. The van der Waals surface area contributed by atoms with Crippen LogP contribution in [0, 0.1) is 0 Å². The SMILES string of the molecule is Cn1cc2c(c(C(=O)NC3Cc4ccccc4C3)c1=O)CCN(C(=O)c1ccsc1)C2. The molecule has 7 heteroatoms. The summed E-state index contributed by atoms with van der Waals surface area (Å²) in [5.41, 5.74) is 4.74. The molecule has 0 atom stereocenters. The van der Waals surface area contributed by atoms with Crippen molar-refractivity contribution in [2.75, 3.05) is 6.54 Å². The Bertz CT molecular complexity index is 1200. The third kappa shape index (κ3) is 3.59. The molecule has 0 unspecified atom stereocenters. The molecule has 2 aromatic heterocycles. The number of aryl methyl sites for hydroxylation is 1. The number of hydrogen-bond donors (Lipinski definition) is 1. The summed E-state index contributed by atoms with van der Waals surface area (Å²) < 4.78 is 1.45. The highest BCUT2D eigenvalue weighted by Gasteiger charge is 2.30. The predicted octanol–water partition coefficient (Wildman–Crippen LogP) is 2.54. The number of pyridine rings is 1. The molecular formula is C24H23N3O3S. The number of hydrogen-bond acceptors (Lipinski definition) is 4. The molecule has 3 heterocycles. The van der Waals surface area contributed by atoms with Crippen LogP contribution >= 0.6 is 11.3 Å². The van der Waals surface area contributed by atoms with Gasteiger partial charge in [0.15, 0.2) is 0 Å². The van der Waals surface area contributed by atoms with Crippen molar-refractivity contribution in [3.8, 4) is 0 Å². The van der Waals surface area contributed by atoms with Crippen LogP contribution in [0.5, 0.6) is 0 Å². The summed E-state index contributed by atoms with van der Waals surface area (Å²) in [4.78, 5) is 40.6. The molecule has 0 bridgehead atoms. The van der Waals surface area contributed by atoms with E-state index in [0.717, 1.165) is 24.0 Å². The second kappa shape index (κ2) is 7.81. The lowest BCUT2D eigenvalue weighted by atomic mass is 9.95. The normalized spacial score (nSPS) is 15.5. The molecule has 5 rings (SSSR count). The Labute approximate surface area is 184 Å². The lowest BCUT2D eigenvalue weighted by molar-refractivity contribution is 0.0734. The first kappa shape index (κ1) is 19.8. The number of carbonyl (C=O) groups is 2. The summed E-state index contributed by atoms with van der Waals surface area (Å²) in [6.07, 6.45) is 3.81. The average Bonchev–Trinajstić information content (AvgIpc) is 3.43. The lowest BCUT2D eigenvalue weighted by Crippen LogP contribution is -2.43. The van der Waals surface area contributed by atoms with Gasteiger partial charge in [0.25, 0.3) is 17.4 Å². The molecule has 2 aliphatic rings. The molecule has 1 aliphatic carbocycles. The van der Waals surface area contributed by atoms with Crippen LogP contribution in [0.1, 0.15) is 43.0 Å². The number of carbonyl (C=O) groups excluding carboxylic acids is 2. The highest BCUT2D eigenvalue weighted by Crippen LogP contribution is 2.25. The van der Waals surface area contributed by atoms with E-state index in [1.165, 1.54) is 27.0 Å². The molecule has 0 fully saturated rings. The number of thiophene rings is 1. The van der Waals surface area contributed by atoms with Gasteiger partial charge in [-0.3, -0.25) is 14.4 Å². The van der Waals surface area contributed by atoms with Gasteiger partial charge in [0.2, 0.25) is 0 Å². The lowest BCUT2D eigenvalue weighted by Gasteiger charge is -2.30. The molecule has 1 N–H and O–H groups in total. The van der Waals surface area contributed by atoms with E-state index in [4.69, 9.17) is 0 Å². The fourth-order valence-electron chi connectivity index (χ4n) is 4.68. The van der Waals surface area contributed by atoms with Crippen LogP contribution in [0.25, 0.3) is 0 Å². The fraction of sp³-hybridized carbons (Fsp3) is 0.292. The van der Waals surface area contributed by atoms with Crippen LogP contribution in [-0.4, -0.2) is 33.9 Å². The maximum absolute atomic E-state index is 13.2. The first-order valence-corrected chi connectivity index (χ1v) is 11.4. The minimum absolute atomic E-state index is 0.00859. The molecule has 1 aromatic carbocycles. The minimum atomic E-state index is -0.312. The van der Waals surface area contributed by atoms with Gasteiger partial charge in [0, 0.05) is 37.8 Å². The van der Waals surface area contributed by atoms with E-state index in [9.17, 15) is 14.4 Å². The largest absolute Gasteiger partial charge is 0.348 e. The quantitative estimate of drug-likeness (QED) is 0.690. The highest BCUT2D eigenvalue weighted by molar-refractivity contribution is 7.08. The Morgan fingerprint density at radius 1 is 1.10 bits per heavy atom. The van der Waals surface area contributed by atoms with Gasteiger partial charge in [0.05, 0.1) is 5.56 Å². The van der Waals surface area contributed by atoms with Crippen LogP contribution in [0.3, 0.4) is 0 Å². The summed E-state index contributed by atoms with van der Waals surface area (Å²) in [6.45, 7) is 0.886. The Kier molecular flexibility index (Phi) is 4.98. The zero-order chi connectivity index (χ0) is 21.5. The van der Waals surface area contributed by atoms with Gasteiger partial charge < -0.3 is 14.8 Å². The molecule has 3 aromatic rings. The molecule has 0 radical (unpaired) electrons. The zero-order valence-corrected chi connectivity index (χ0v) is 18.1. The van der Waals surface area contributed by atoms with Crippen molar-refractivity contribution < 1.29 is 9.59 Å². The fourth-order valence-corrected chi connectivity index (χ4v) is 5.31. The first-order valence-electron chi connectivity index (χ1n) is 10.4. The van der Waals surface area contributed by atoms with Crippen molar-refractivity contribution in [2.24, 2.45) is 7.05 Å². The molecule has 6 nitrogen and oxygen atoms in total. The predicted molar refractivity (Wildman–Crippen MR) is 120 cm³/mol. The number of aromatic nitrogens is 1. The Morgan fingerprint density at radius 2 is 1.84 bits per heavy atom. The summed E-state index contributed by atoms with van der Waals surface area (Å²) in [7, 11) is 1.66. The van der Waals surface area contributed by atoms with Crippen LogP contribution in [0.2, 0.25) is 0 Å². The molecule has 158 valence electrons. The average molecular weight is 434 g/mol. The second-order valence-electron chi connectivity index (χ2n) is 8.26. The van der Waals surface area contributed by atoms with Crippen molar-refractivity contribution in [3.63, 3.8) is 0 Å². The van der Waals surface area contributed by atoms with E-state index in [2.05, 4.69) is 17.4 Å². The van der Waals surface area contributed by atoms with Gasteiger partial charge in [-0.25, -0.2) is 0 Å². The number of rotatable bonds is 3. The van der Waals surface area contributed by atoms with E-state index in [-0.39, 0.29) is 29.0 Å². The number of benzene rings is 1. The molecule has 31 heavy (non-hydrogen) atoms. The Balaban J connectivity index is 1.40. The van der Waals surface area contributed by atoms with Crippen LogP contribution in [-0.2, 0) is 32.9 Å². The number of amides is 2. The van der Waals surface area contributed by atoms with E-state index in [1.54, 1.807) is 18.1 Å². The molecule has 0 spiro atoms. The van der Waals surface area contributed by atoms with E-state index < -0.39 is 0 Å². The molecule has 0 saturated heterocycles. The van der Waals surface area contributed by atoms with Gasteiger partial charge in [-0.15, -0.1) is 0 Å². The monoisotopic (exact) mass is 433 g/mol. The van der Waals surface area contributed by atoms with E-state index in [0.29, 0.717) is 25.1 Å².